The average Bonchev–Trinajstić information content (AvgIpc) is 2.98. The van der Waals surface area contributed by atoms with Crippen molar-refractivity contribution in [3.63, 3.8) is 0 Å². The molecule has 0 aliphatic rings. The van der Waals surface area contributed by atoms with Crippen molar-refractivity contribution >= 4 is 17.8 Å². The van der Waals surface area contributed by atoms with Gasteiger partial charge < -0.3 is 25.5 Å². The largest absolute Gasteiger partial charge is 0.482 e. The van der Waals surface area contributed by atoms with Crippen LogP contribution >= 0.6 is 0 Å². The van der Waals surface area contributed by atoms with E-state index < -0.39 is 58.2 Å². The summed E-state index contributed by atoms with van der Waals surface area (Å²) in [5.74, 6) is -4.35. The normalized spacial score (nSPS) is 11.9. The molecule has 3 rings (SSSR count). The van der Waals surface area contributed by atoms with Gasteiger partial charge in [-0.2, -0.15) is 0 Å². The standard InChI is InChI=1S/C31H32F2N4O6/c1-5-19(3)35-31(41)27-29(43-17-21-10-8-7-9-11-21)28(39)25(16-37(27)36-24(6-2)18-42-20(4)38)30(40)34-15-22-12-13-23(32)14-26(22)33/h5-14,16,19,24,36H,1-2,15,17-18H2,3-4H3,(H,34,40)(H,35,41)/t19-,24?/m0/s1. The third-order valence-electron chi connectivity index (χ3n) is 6.07. The number of hydrogen-bond donors (Lipinski definition) is 3. The predicted molar refractivity (Wildman–Crippen MR) is 156 cm³/mol. The molecule has 0 fully saturated rings. The summed E-state index contributed by atoms with van der Waals surface area (Å²) < 4.78 is 39.5. The number of nitrogens with one attached hydrogen (secondary N) is 3. The fourth-order valence-electron chi connectivity index (χ4n) is 3.74. The van der Waals surface area contributed by atoms with Gasteiger partial charge in [-0.1, -0.05) is 48.6 Å². The van der Waals surface area contributed by atoms with E-state index in [0.717, 1.165) is 23.0 Å². The molecular formula is C31H32F2N4O6. The van der Waals surface area contributed by atoms with Gasteiger partial charge in [0.1, 0.15) is 30.4 Å². The van der Waals surface area contributed by atoms with E-state index in [-0.39, 0.29) is 31.0 Å². The van der Waals surface area contributed by atoms with Crippen LogP contribution in [0.3, 0.4) is 0 Å². The monoisotopic (exact) mass is 594 g/mol. The van der Waals surface area contributed by atoms with Crippen molar-refractivity contribution < 1.29 is 32.6 Å². The molecule has 2 atom stereocenters. The molecule has 10 nitrogen and oxygen atoms in total. The number of benzene rings is 2. The number of aromatic nitrogens is 1. The Morgan fingerprint density at radius 1 is 1.05 bits per heavy atom. The third kappa shape index (κ3) is 8.86. The van der Waals surface area contributed by atoms with E-state index in [9.17, 15) is 28.0 Å². The SMILES string of the molecule is C=CC(COC(C)=O)Nn1cc(C(=O)NCc2ccc(F)cc2F)c(=O)c(OCc2ccccc2)c1C(=O)N[C@@H](C)C=C. The Balaban J connectivity index is 2.12. The van der Waals surface area contributed by atoms with Crippen molar-refractivity contribution in [2.24, 2.45) is 0 Å². The highest BCUT2D eigenvalue weighted by Gasteiger charge is 2.27. The van der Waals surface area contributed by atoms with Gasteiger partial charge in [0.15, 0.2) is 11.4 Å². The fourth-order valence-corrected chi connectivity index (χ4v) is 3.74. The van der Waals surface area contributed by atoms with Gasteiger partial charge in [0.05, 0.1) is 6.04 Å². The van der Waals surface area contributed by atoms with E-state index in [0.29, 0.717) is 11.6 Å². The first-order valence-electron chi connectivity index (χ1n) is 13.2. The van der Waals surface area contributed by atoms with Crippen molar-refractivity contribution in [3.8, 4) is 5.75 Å². The molecule has 3 aromatic rings. The minimum atomic E-state index is -0.921. The minimum absolute atomic E-state index is 0.0173. The van der Waals surface area contributed by atoms with Gasteiger partial charge in [-0.15, -0.1) is 13.2 Å². The van der Waals surface area contributed by atoms with Crippen LogP contribution < -0.4 is 26.2 Å². The van der Waals surface area contributed by atoms with E-state index >= 15 is 0 Å². The second-order valence-electron chi connectivity index (χ2n) is 9.38. The van der Waals surface area contributed by atoms with E-state index in [2.05, 4.69) is 29.2 Å². The van der Waals surface area contributed by atoms with Gasteiger partial charge in [0.2, 0.25) is 5.43 Å². The third-order valence-corrected chi connectivity index (χ3v) is 6.07. The molecule has 0 saturated heterocycles. The van der Waals surface area contributed by atoms with E-state index in [1.54, 1.807) is 37.3 Å². The number of amides is 2. The zero-order chi connectivity index (χ0) is 31.5. The zero-order valence-corrected chi connectivity index (χ0v) is 23.7. The lowest BCUT2D eigenvalue weighted by atomic mass is 10.1. The molecule has 43 heavy (non-hydrogen) atoms. The molecule has 226 valence electrons. The Kier molecular flexibility index (Phi) is 11.3. The topological polar surface area (TPSA) is 128 Å². The van der Waals surface area contributed by atoms with Gasteiger partial charge in [-0.25, -0.2) is 8.78 Å². The number of ether oxygens (including phenoxy) is 2. The number of pyridine rings is 1. The smallest absolute Gasteiger partial charge is 0.302 e. The Morgan fingerprint density at radius 2 is 1.77 bits per heavy atom. The average molecular weight is 595 g/mol. The number of halogens is 2. The Morgan fingerprint density at radius 3 is 2.40 bits per heavy atom. The summed E-state index contributed by atoms with van der Waals surface area (Å²) >= 11 is 0. The van der Waals surface area contributed by atoms with Gasteiger partial charge in [0.25, 0.3) is 11.8 Å². The fraction of sp³-hybridized carbons (Fsp3) is 0.226. The van der Waals surface area contributed by atoms with Gasteiger partial charge >= 0.3 is 5.97 Å². The van der Waals surface area contributed by atoms with Gasteiger partial charge in [-0.05, 0) is 18.6 Å². The number of rotatable bonds is 14. The van der Waals surface area contributed by atoms with Gasteiger partial charge in [0, 0.05) is 37.3 Å². The first-order chi connectivity index (χ1) is 20.5. The minimum Gasteiger partial charge on any atom is -0.482 e. The molecule has 1 aromatic heterocycles. The maximum atomic E-state index is 14.2. The Labute approximate surface area is 247 Å². The van der Waals surface area contributed by atoms with Crippen LogP contribution in [0.2, 0.25) is 0 Å². The first kappa shape index (κ1) is 32.3. The molecule has 1 unspecified atom stereocenters. The highest BCUT2D eigenvalue weighted by atomic mass is 19.1. The van der Waals surface area contributed by atoms with Crippen LogP contribution in [-0.4, -0.2) is 41.2 Å². The van der Waals surface area contributed by atoms with Crippen molar-refractivity contribution in [2.75, 3.05) is 12.0 Å². The van der Waals surface area contributed by atoms with Gasteiger partial charge in [-0.3, -0.25) is 23.9 Å². The zero-order valence-electron chi connectivity index (χ0n) is 23.7. The summed E-state index contributed by atoms with van der Waals surface area (Å²) in [7, 11) is 0. The molecule has 3 N–H and O–H groups in total. The van der Waals surface area contributed by atoms with Crippen LogP contribution in [0.25, 0.3) is 0 Å². The maximum absolute atomic E-state index is 14.2. The highest BCUT2D eigenvalue weighted by Crippen LogP contribution is 2.18. The summed E-state index contributed by atoms with van der Waals surface area (Å²) in [5.41, 5.74) is 1.90. The molecule has 0 radical (unpaired) electrons. The number of carbonyl (C=O) groups excluding carboxylic acids is 3. The van der Waals surface area contributed by atoms with Crippen LogP contribution in [0, 0.1) is 11.6 Å². The summed E-state index contributed by atoms with van der Waals surface area (Å²) in [6.07, 6.45) is 3.95. The van der Waals surface area contributed by atoms with Crippen molar-refractivity contribution in [1.29, 1.82) is 0 Å². The number of carbonyl (C=O) groups is 3. The highest BCUT2D eigenvalue weighted by molar-refractivity contribution is 5.99. The number of esters is 1. The summed E-state index contributed by atoms with van der Waals surface area (Å²) in [4.78, 5) is 51.9. The number of hydrogen-bond acceptors (Lipinski definition) is 7. The van der Waals surface area contributed by atoms with Crippen molar-refractivity contribution in [3.05, 3.63) is 124 Å². The quantitative estimate of drug-likeness (QED) is 0.192. The first-order valence-corrected chi connectivity index (χ1v) is 13.2. The Hall–Kier alpha value is -5.26. The van der Waals surface area contributed by atoms with Crippen LogP contribution in [0.15, 0.2) is 84.8 Å². The van der Waals surface area contributed by atoms with E-state index in [1.165, 1.54) is 19.1 Å². The summed E-state index contributed by atoms with van der Waals surface area (Å²) in [6, 6.07) is 10.4. The van der Waals surface area contributed by atoms with E-state index in [4.69, 9.17) is 9.47 Å². The lowest BCUT2D eigenvalue weighted by Gasteiger charge is -2.24. The van der Waals surface area contributed by atoms with Crippen LogP contribution in [0.1, 0.15) is 45.8 Å². The van der Waals surface area contributed by atoms with E-state index in [1.807, 2.05) is 0 Å². The molecule has 12 heteroatoms. The molecule has 2 aromatic carbocycles. The molecule has 2 amide bonds. The molecule has 0 saturated carbocycles. The molecule has 0 aliphatic carbocycles. The van der Waals surface area contributed by atoms with Crippen LogP contribution in [0.4, 0.5) is 8.78 Å². The predicted octanol–water partition coefficient (Wildman–Crippen LogP) is 3.60. The van der Waals surface area contributed by atoms with Crippen molar-refractivity contribution in [2.45, 2.75) is 39.1 Å². The molecule has 1 heterocycles. The lowest BCUT2D eigenvalue weighted by molar-refractivity contribution is -0.141. The van der Waals surface area contributed by atoms with Crippen LogP contribution in [0.5, 0.6) is 5.75 Å². The van der Waals surface area contributed by atoms with Crippen LogP contribution in [-0.2, 0) is 22.7 Å². The second-order valence-corrected chi connectivity index (χ2v) is 9.38. The molecule has 0 spiro atoms. The molecule has 0 bridgehead atoms. The second kappa shape index (κ2) is 15.1. The maximum Gasteiger partial charge on any atom is 0.302 e. The summed E-state index contributed by atoms with van der Waals surface area (Å²) in [5, 5.41) is 5.12. The number of nitrogens with zero attached hydrogens (tertiary/aromatic N) is 1. The van der Waals surface area contributed by atoms with Crippen molar-refractivity contribution in [1.82, 2.24) is 15.3 Å². The molecule has 0 aliphatic heterocycles. The molecular weight excluding hydrogens is 562 g/mol. The Bertz CT molecular complexity index is 1560. The summed E-state index contributed by atoms with van der Waals surface area (Å²) in [6.45, 7) is 9.55. The lowest BCUT2D eigenvalue weighted by Crippen LogP contribution is -2.41.